The first-order valence-electron chi connectivity index (χ1n) is 9.07. The lowest BCUT2D eigenvalue weighted by molar-refractivity contribution is 0.302. The van der Waals surface area contributed by atoms with E-state index in [1.807, 2.05) is 38.1 Å². The first-order valence-corrected chi connectivity index (χ1v) is 10.7. The Balaban J connectivity index is 3.07. The molecule has 1 rings (SSSR count). The minimum atomic E-state index is 0.565. The molecule has 0 heterocycles. The standard InChI is InChI=1S/C21H30BrN3OS/c1-6-14-24-27-25-17(5)20(18-10-12-19(22)13-11-18)21(23-7-2)26-15-8-9-16(3)4/h7,10-13,24-25H,2-3,6,8-9,14-15H2,1,4-5H3/b20-17+,23-21?. The molecule has 1 aromatic carbocycles. The van der Waals surface area contributed by atoms with E-state index in [9.17, 15) is 0 Å². The molecule has 1 aromatic rings. The van der Waals surface area contributed by atoms with Crippen LogP contribution in [0.25, 0.3) is 5.57 Å². The molecule has 0 aromatic heterocycles. The fourth-order valence-corrected chi connectivity index (χ4v) is 3.13. The predicted molar refractivity (Wildman–Crippen MR) is 123 cm³/mol. The molecule has 0 aliphatic carbocycles. The van der Waals surface area contributed by atoms with Gasteiger partial charge in [0.2, 0.25) is 5.90 Å². The third-order valence-electron chi connectivity index (χ3n) is 3.55. The Morgan fingerprint density at radius 1 is 1.30 bits per heavy atom. The third kappa shape index (κ3) is 9.31. The second kappa shape index (κ2) is 13.6. The van der Waals surface area contributed by atoms with Gasteiger partial charge in [-0.3, -0.25) is 0 Å². The summed E-state index contributed by atoms with van der Waals surface area (Å²) in [6.07, 6.45) is 4.43. The van der Waals surface area contributed by atoms with Gasteiger partial charge in [-0.2, -0.15) is 0 Å². The Morgan fingerprint density at radius 2 is 2.00 bits per heavy atom. The summed E-state index contributed by atoms with van der Waals surface area (Å²) in [7, 11) is 0. The molecular formula is C21H30BrN3OS. The Labute approximate surface area is 176 Å². The molecule has 0 aliphatic rings. The Hall–Kier alpha value is -1.50. The van der Waals surface area contributed by atoms with Crippen molar-refractivity contribution in [1.82, 2.24) is 9.44 Å². The van der Waals surface area contributed by atoms with E-state index < -0.39 is 0 Å². The molecule has 0 bridgehead atoms. The number of benzene rings is 1. The first-order chi connectivity index (χ1) is 13.0. The maximum absolute atomic E-state index is 6.03. The predicted octanol–water partition coefficient (Wildman–Crippen LogP) is 6.25. The highest BCUT2D eigenvalue weighted by Crippen LogP contribution is 2.24. The second-order valence-corrected chi connectivity index (χ2v) is 7.74. The summed E-state index contributed by atoms with van der Waals surface area (Å²) >= 11 is 4.96. The van der Waals surface area contributed by atoms with Crippen LogP contribution in [0, 0.1) is 0 Å². The molecule has 0 spiro atoms. The lowest BCUT2D eigenvalue weighted by Crippen LogP contribution is -2.18. The number of ether oxygens (including phenoxy) is 1. The molecule has 0 amide bonds. The lowest BCUT2D eigenvalue weighted by Gasteiger charge is -2.17. The number of halogens is 1. The van der Waals surface area contributed by atoms with E-state index >= 15 is 0 Å². The molecule has 27 heavy (non-hydrogen) atoms. The number of hydrogen-bond acceptors (Lipinski definition) is 5. The molecule has 148 valence electrons. The largest absolute Gasteiger partial charge is 0.477 e. The molecule has 6 heteroatoms. The van der Waals surface area contributed by atoms with E-state index in [4.69, 9.17) is 4.74 Å². The average Bonchev–Trinajstić information content (AvgIpc) is 2.64. The van der Waals surface area contributed by atoms with Crippen molar-refractivity contribution in [3.63, 3.8) is 0 Å². The third-order valence-corrected chi connectivity index (χ3v) is 4.83. The SMILES string of the molecule is C=CN=C(OCCCC(=C)C)/C(=C(\C)NSNCCC)c1ccc(Br)cc1. The lowest BCUT2D eigenvalue weighted by atomic mass is 10.0. The summed E-state index contributed by atoms with van der Waals surface area (Å²) in [5, 5.41) is 0. The molecule has 0 saturated heterocycles. The van der Waals surface area contributed by atoms with Gasteiger partial charge in [0.1, 0.15) is 0 Å². The van der Waals surface area contributed by atoms with Gasteiger partial charge in [-0.25, -0.2) is 9.71 Å². The maximum Gasteiger partial charge on any atom is 0.223 e. The summed E-state index contributed by atoms with van der Waals surface area (Å²) in [5.74, 6) is 0.565. The van der Waals surface area contributed by atoms with Crippen LogP contribution in [0.5, 0.6) is 0 Å². The van der Waals surface area contributed by atoms with Crippen LogP contribution in [0.1, 0.15) is 45.6 Å². The van der Waals surface area contributed by atoms with Gasteiger partial charge in [-0.15, -0.1) is 6.58 Å². The van der Waals surface area contributed by atoms with Gasteiger partial charge in [-0.1, -0.05) is 47.1 Å². The average molecular weight is 452 g/mol. The molecule has 0 atom stereocenters. The van der Waals surface area contributed by atoms with Crippen LogP contribution < -0.4 is 9.44 Å². The highest BCUT2D eigenvalue weighted by Gasteiger charge is 2.15. The number of aliphatic imine (C=N–C) groups is 1. The van der Waals surface area contributed by atoms with Gasteiger partial charge in [0.05, 0.1) is 12.2 Å². The summed E-state index contributed by atoms with van der Waals surface area (Å²) in [5.41, 5.74) is 4.07. The van der Waals surface area contributed by atoms with Crippen LogP contribution in [0.15, 0.2) is 64.4 Å². The van der Waals surface area contributed by atoms with Crippen molar-refractivity contribution in [2.75, 3.05) is 13.2 Å². The van der Waals surface area contributed by atoms with E-state index in [0.29, 0.717) is 12.5 Å². The summed E-state index contributed by atoms with van der Waals surface area (Å²) in [6.45, 7) is 15.4. The number of nitrogens with zero attached hydrogens (tertiary/aromatic N) is 1. The monoisotopic (exact) mass is 451 g/mol. The fourth-order valence-electron chi connectivity index (χ4n) is 2.23. The van der Waals surface area contributed by atoms with E-state index in [2.05, 4.69) is 50.4 Å². The van der Waals surface area contributed by atoms with Crippen LogP contribution >= 0.6 is 28.1 Å². The fraction of sp³-hybridized carbons (Fsp3) is 0.381. The van der Waals surface area contributed by atoms with Crippen molar-refractivity contribution >= 4 is 39.5 Å². The number of allylic oxidation sites excluding steroid dienone is 2. The molecule has 4 nitrogen and oxygen atoms in total. The number of nitrogens with one attached hydrogen (secondary N) is 2. The van der Waals surface area contributed by atoms with Crippen LogP contribution in [0.2, 0.25) is 0 Å². The van der Waals surface area contributed by atoms with Gasteiger partial charge < -0.3 is 9.46 Å². The van der Waals surface area contributed by atoms with Gasteiger partial charge in [-0.05, 0) is 50.8 Å². The summed E-state index contributed by atoms with van der Waals surface area (Å²) < 4.78 is 13.7. The van der Waals surface area contributed by atoms with Gasteiger partial charge >= 0.3 is 0 Å². The second-order valence-electron chi connectivity index (χ2n) is 6.13. The topological polar surface area (TPSA) is 45.6 Å². The van der Waals surface area contributed by atoms with Crippen molar-refractivity contribution in [3.05, 3.63) is 64.9 Å². The molecule has 0 unspecified atom stereocenters. The molecule has 2 N–H and O–H groups in total. The van der Waals surface area contributed by atoms with Crippen molar-refractivity contribution in [2.24, 2.45) is 4.99 Å². The number of rotatable bonds is 12. The van der Waals surface area contributed by atoms with Crippen LogP contribution in [-0.2, 0) is 4.74 Å². The Kier molecular flexibility index (Phi) is 11.9. The minimum Gasteiger partial charge on any atom is -0.477 e. The zero-order chi connectivity index (χ0) is 20.1. The zero-order valence-corrected chi connectivity index (χ0v) is 18.9. The molecular weight excluding hydrogens is 422 g/mol. The summed E-state index contributed by atoms with van der Waals surface area (Å²) in [6, 6.07) is 8.12. The van der Waals surface area contributed by atoms with Crippen molar-refractivity contribution < 1.29 is 4.74 Å². The Bertz CT molecular complexity index is 669. The van der Waals surface area contributed by atoms with Gasteiger partial charge in [0.25, 0.3) is 0 Å². The molecule has 0 radical (unpaired) electrons. The van der Waals surface area contributed by atoms with Gasteiger partial charge in [0, 0.05) is 35.0 Å². The smallest absolute Gasteiger partial charge is 0.223 e. The minimum absolute atomic E-state index is 0.565. The van der Waals surface area contributed by atoms with Crippen molar-refractivity contribution in [1.29, 1.82) is 0 Å². The molecule has 0 saturated carbocycles. The van der Waals surface area contributed by atoms with Crippen molar-refractivity contribution in [2.45, 2.75) is 40.0 Å². The van der Waals surface area contributed by atoms with E-state index in [1.165, 1.54) is 18.3 Å². The van der Waals surface area contributed by atoms with Gasteiger partial charge in [0.15, 0.2) is 0 Å². The quantitative estimate of drug-likeness (QED) is 0.129. The van der Waals surface area contributed by atoms with Crippen LogP contribution in [-0.4, -0.2) is 19.0 Å². The summed E-state index contributed by atoms with van der Waals surface area (Å²) in [4.78, 5) is 4.40. The normalized spacial score (nSPS) is 12.4. The maximum atomic E-state index is 6.03. The van der Waals surface area contributed by atoms with E-state index in [-0.39, 0.29) is 0 Å². The highest BCUT2D eigenvalue weighted by molar-refractivity contribution is 9.10. The molecule has 0 fully saturated rings. The molecule has 0 aliphatic heterocycles. The van der Waals surface area contributed by atoms with Crippen LogP contribution in [0.3, 0.4) is 0 Å². The van der Waals surface area contributed by atoms with Crippen molar-refractivity contribution in [3.8, 4) is 0 Å². The highest BCUT2D eigenvalue weighted by atomic mass is 79.9. The number of hydrogen-bond donors (Lipinski definition) is 2. The van der Waals surface area contributed by atoms with E-state index in [1.54, 1.807) is 0 Å². The first kappa shape index (κ1) is 23.5. The van der Waals surface area contributed by atoms with Crippen LogP contribution in [0.4, 0.5) is 0 Å². The Morgan fingerprint density at radius 3 is 2.59 bits per heavy atom. The van der Waals surface area contributed by atoms with E-state index in [0.717, 1.165) is 52.7 Å². The zero-order valence-electron chi connectivity index (χ0n) is 16.5.